The lowest BCUT2D eigenvalue weighted by Crippen LogP contribution is -2.11. The lowest BCUT2D eigenvalue weighted by molar-refractivity contribution is 0.102. The van der Waals surface area contributed by atoms with Crippen LogP contribution in [0.1, 0.15) is 35.1 Å². The lowest BCUT2D eigenvalue weighted by atomic mass is 10.2. The van der Waals surface area contributed by atoms with Crippen molar-refractivity contribution in [1.29, 1.82) is 0 Å². The Kier molecular flexibility index (Phi) is 3.74. The summed E-state index contributed by atoms with van der Waals surface area (Å²) in [5.41, 5.74) is 2.56. The van der Waals surface area contributed by atoms with Crippen LogP contribution in [0.25, 0.3) is 11.0 Å². The van der Waals surface area contributed by atoms with Crippen LogP contribution in [0.5, 0.6) is 0 Å². The molecule has 1 aliphatic rings. The molecule has 1 atom stereocenters. The molecule has 1 fully saturated rings. The fourth-order valence-corrected chi connectivity index (χ4v) is 2.89. The topological polar surface area (TPSA) is 67.0 Å². The zero-order valence-corrected chi connectivity index (χ0v) is 12.9. The Labute approximate surface area is 137 Å². The maximum absolute atomic E-state index is 13.2. The van der Waals surface area contributed by atoms with Gasteiger partial charge in [0.2, 0.25) is 0 Å². The molecule has 0 spiro atoms. The number of anilines is 1. The summed E-state index contributed by atoms with van der Waals surface area (Å²) < 4.78 is 18.9. The summed E-state index contributed by atoms with van der Waals surface area (Å²) in [7, 11) is 0. The molecule has 5 nitrogen and oxygen atoms in total. The third-order valence-electron chi connectivity index (χ3n) is 4.08. The molecule has 1 saturated heterocycles. The van der Waals surface area contributed by atoms with Crippen molar-refractivity contribution in [3.63, 3.8) is 0 Å². The van der Waals surface area contributed by atoms with Gasteiger partial charge in [0.05, 0.1) is 11.0 Å². The molecule has 0 aliphatic carbocycles. The third-order valence-corrected chi connectivity index (χ3v) is 4.08. The SMILES string of the molecule is O=C(Nc1ccc2nc([C@@H]3CCCO3)[nH]c2c1)c1cccc(F)c1. The number of halogens is 1. The first-order valence-corrected chi connectivity index (χ1v) is 7.87. The van der Waals surface area contributed by atoms with E-state index in [1.165, 1.54) is 18.2 Å². The maximum atomic E-state index is 13.2. The number of H-pyrrole nitrogens is 1. The van der Waals surface area contributed by atoms with Crippen molar-refractivity contribution in [2.75, 3.05) is 11.9 Å². The molecule has 3 aromatic rings. The quantitative estimate of drug-likeness (QED) is 0.769. The summed E-state index contributed by atoms with van der Waals surface area (Å²) in [6, 6.07) is 11.0. The van der Waals surface area contributed by atoms with E-state index in [-0.39, 0.29) is 17.6 Å². The molecule has 1 amide bonds. The number of hydrogen-bond acceptors (Lipinski definition) is 3. The number of aromatic amines is 1. The second-order valence-corrected chi connectivity index (χ2v) is 5.82. The molecule has 2 N–H and O–H groups in total. The van der Waals surface area contributed by atoms with Gasteiger partial charge in [-0.3, -0.25) is 4.79 Å². The van der Waals surface area contributed by atoms with Gasteiger partial charge in [-0.15, -0.1) is 0 Å². The number of ether oxygens (including phenoxy) is 1. The highest BCUT2D eigenvalue weighted by Crippen LogP contribution is 2.28. The van der Waals surface area contributed by atoms with Crippen LogP contribution in [-0.2, 0) is 4.74 Å². The Morgan fingerprint density at radius 2 is 2.21 bits per heavy atom. The maximum Gasteiger partial charge on any atom is 0.255 e. The average molecular weight is 325 g/mol. The lowest BCUT2D eigenvalue weighted by Gasteiger charge is -2.05. The number of hydrogen-bond donors (Lipinski definition) is 2. The highest BCUT2D eigenvalue weighted by Gasteiger charge is 2.21. The molecule has 1 aromatic heterocycles. The van der Waals surface area contributed by atoms with Gasteiger partial charge in [0.1, 0.15) is 17.7 Å². The van der Waals surface area contributed by atoms with Gasteiger partial charge in [-0.2, -0.15) is 0 Å². The van der Waals surface area contributed by atoms with E-state index in [0.717, 1.165) is 36.3 Å². The second-order valence-electron chi connectivity index (χ2n) is 5.82. The van der Waals surface area contributed by atoms with Gasteiger partial charge in [-0.05, 0) is 49.2 Å². The molecule has 0 unspecified atom stereocenters. The first-order chi connectivity index (χ1) is 11.7. The molecule has 2 aromatic carbocycles. The number of amides is 1. The summed E-state index contributed by atoms with van der Waals surface area (Å²) >= 11 is 0. The summed E-state index contributed by atoms with van der Waals surface area (Å²) in [6.45, 7) is 0.761. The summed E-state index contributed by atoms with van der Waals surface area (Å²) in [4.78, 5) is 20.0. The minimum absolute atomic E-state index is 0.0164. The van der Waals surface area contributed by atoms with Gasteiger partial charge in [0, 0.05) is 17.9 Å². The van der Waals surface area contributed by atoms with Crippen LogP contribution >= 0.6 is 0 Å². The number of benzene rings is 2. The normalized spacial score (nSPS) is 17.3. The van der Waals surface area contributed by atoms with E-state index in [1.54, 1.807) is 12.1 Å². The summed E-state index contributed by atoms with van der Waals surface area (Å²) in [5, 5.41) is 2.77. The van der Waals surface area contributed by atoms with E-state index in [4.69, 9.17) is 4.74 Å². The molecule has 122 valence electrons. The van der Waals surface area contributed by atoms with Gasteiger partial charge in [0.25, 0.3) is 5.91 Å². The van der Waals surface area contributed by atoms with E-state index in [2.05, 4.69) is 15.3 Å². The van der Waals surface area contributed by atoms with Gasteiger partial charge < -0.3 is 15.0 Å². The molecule has 0 bridgehead atoms. The first-order valence-electron chi connectivity index (χ1n) is 7.87. The molecular formula is C18H16FN3O2. The number of carbonyl (C=O) groups excluding carboxylic acids is 1. The Balaban J connectivity index is 1.57. The van der Waals surface area contributed by atoms with E-state index >= 15 is 0 Å². The van der Waals surface area contributed by atoms with Crippen molar-refractivity contribution in [1.82, 2.24) is 9.97 Å². The highest BCUT2D eigenvalue weighted by atomic mass is 19.1. The Hall–Kier alpha value is -2.73. The summed E-state index contributed by atoms with van der Waals surface area (Å²) in [5.74, 6) is 0.0247. The molecule has 1 aliphatic heterocycles. The molecular weight excluding hydrogens is 309 g/mol. The molecule has 6 heteroatoms. The fourth-order valence-electron chi connectivity index (χ4n) is 2.89. The number of aromatic nitrogens is 2. The van der Waals surface area contributed by atoms with Crippen LogP contribution in [0.2, 0.25) is 0 Å². The van der Waals surface area contributed by atoms with Crippen molar-refractivity contribution in [2.24, 2.45) is 0 Å². The smallest absolute Gasteiger partial charge is 0.255 e. The third kappa shape index (κ3) is 2.88. The van der Waals surface area contributed by atoms with Crippen molar-refractivity contribution >= 4 is 22.6 Å². The second kappa shape index (κ2) is 6.05. The van der Waals surface area contributed by atoms with Crippen molar-refractivity contribution in [3.05, 3.63) is 59.7 Å². The molecule has 0 saturated carbocycles. The average Bonchev–Trinajstić information content (AvgIpc) is 3.23. The highest BCUT2D eigenvalue weighted by molar-refractivity contribution is 6.04. The van der Waals surface area contributed by atoms with E-state index in [1.807, 2.05) is 12.1 Å². The van der Waals surface area contributed by atoms with Crippen LogP contribution in [0.4, 0.5) is 10.1 Å². The van der Waals surface area contributed by atoms with Gasteiger partial charge >= 0.3 is 0 Å². The van der Waals surface area contributed by atoms with Crippen molar-refractivity contribution in [2.45, 2.75) is 18.9 Å². The zero-order valence-electron chi connectivity index (χ0n) is 12.9. The van der Waals surface area contributed by atoms with Crippen LogP contribution in [-0.4, -0.2) is 22.5 Å². The number of rotatable bonds is 3. The zero-order chi connectivity index (χ0) is 16.5. The van der Waals surface area contributed by atoms with Crippen molar-refractivity contribution < 1.29 is 13.9 Å². The van der Waals surface area contributed by atoms with E-state index in [0.29, 0.717) is 5.69 Å². The fraction of sp³-hybridized carbons (Fsp3) is 0.222. The number of fused-ring (bicyclic) bond motifs is 1. The predicted molar refractivity (Wildman–Crippen MR) is 88.4 cm³/mol. The Morgan fingerprint density at radius 1 is 1.29 bits per heavy atom. The van der Waals surface area contributed by atoms with Crippen LogP contribution in [0, 0.1) is 5.82 Å². The standard InChI is InChI=1S/C18H16FN3O2/c19-12-4-1-3-11(9-12)18(23)20-13-6-7-14-15(10-13)22-17(21-14)16-5-2-8-24-16/h1,3-4,6-7,9-10,16H,2,5,8H2,(H,20,23)(H,21,22)/t16-/m0/s1. The number of carbonyl (C=O) groups is 1. The molecule has 0 radical (unpaired) electrons. The van der Waals surface area contributed by atoms with E-state index in [9.17, 15) is 9.18 Å². The van der Waals surface area contributed by atoms with Gasteiger partial charge in [-0.1, -0.05) is 6.07 Å². The number of nitrogens with zero attached hydrogens (tertiary/aromatic N) is 1. The minimum Gasteiger partial charge on any atom is -0.370 e. The summed E-state index contributed by atoms with van der Waals surface area (Å²) in [6.07, 6.45) is 2.02. The predicted octanol–water partition coefficient (Wildman–Crippen LogP) is 3.81. The van der Waals surface area contributed by atoms with Gasteiger partial charge in [-0.25, -0.2) is 9.37 Å². The van der Waals surface area contributed by atoms with E-state index < -0.39 is 5.82 Å². The van der Waals surface area contributed by atoms with Crippen LogP contribution in [0.3, 0.4) is 0 Å². The molecule has 24 heavy (non-hydrogen) atoms. The monoisotopic (exact) mass is 325 g/mol. The Morgan fingerprint density at radius 3 is 3.00 bits per heavy atom. The number of nitrogens with one attached hydrogen (secondary N) is 2. The molecule has 2 heterocycles. The molecule has 4 rings (SSSR count). The minimum atomic E-state index is -0.437. The van der Waals surface area contributed by atoms with Crippen molar-refractivity contribution in [3.8, 4) is 0 Å². The Bertz CT molecular complexity index is 900. The van der Waals surface area contributed by atoms with Crippen LogP contribution < -0.4 is 5.32 Å². The van der Waals surface area contributed by atoms with Crippen LogP contribution in [0.15, 0.2) is 42.5 Å². The van der Waals surface area contributed by atoms with Gasteiger partial charge in [0.15, 0.2) is 0 Å². The number of imidazole rings is 1. The first kappa shape index (κ1) is 14.8. The largest absolute Gasteiger partial charge is 0.370 e.